The normalized spacial score (nSPS) is 28.8. The summed E-state index contributed by atoms with van der Waals surface area (Å²) < 4.78 is 0. The fourth-order valence-corrected chi connectivity index (χ4v) is 1.82. The minimum absolute atomic E-state index is 0.303. The largest absolute Gasteiger partial charge is 0.327 e. The Morgan fingerprint density at radius 3 is 3.00 bits per heavy atom. The smallest absolute Gasteiger partial charge is 0.0219 e. The third-order valence-electron chi connectivity index (χ3n) is 2.47. The van der Waals surface area contributed by atoms with E-state index in [1.165, 1.54) is 6.42 Å². The van der Waals surface area contributed by atoms with Gasteiger partial charge in [0.25, 0.3) is 0 Å². The highest BCUT2D eigenvalue weighted by molar-refractivity contribution is 4.80. The van der Waals surface area contributed by atoms with E-state index in [4.69, 9.17) is 5.73 Å². The molecule has 0 aromatic heterocycles. The van der Waals surface area contributed by atoms with Crippen LogP contribution >= 0.6 is 0 Å². The van der Waals surface area contributed by atoms with Crippen LogP contribution in [0.25, 0.3) is 0 Å². The second-order valence-corrected chi connectivity index (χ2v) is 3.74. The second-order valence-electron chi connectivity index (χ2n) is 3.74. The van der Waals surface area contributed by atoms with E-state index in [-0.39, 0.29) is 0 Å². The first-order valence-electron chi connectivity index (χ1n) is 4.94. The quantitative estimate of drug-likeness (QED) is 0.629. The fourth-order valence-electron chi connectivity index (χ4n) is 1.82. The molecule has 0 amide bonds. The minimum atomic E-state index is 0.303. The van der Waals surface area contributed by atoms with Gasteiger partial charge in [-0.3, -0.25) is 4.90 Å². The molecule has 72 valence electrons. The molecule has 3 N–H and O–H groups in total. The lowest BCUT2D eigenvalue weighted by molar-refractivity contribution is 0.150. The number of hydrogen-bond donors (Lipinski definition) is 2. The Hall–Kier alpha value is -0.120. The molecule has 2 atom stereocenters. The Morgan fingerprint density at radius 2 is 2.42 bits per heavy atom. The van der Waals surface area contributed by atoms with Crippen LogP contribution in [0.4, 0.5) is 0 Å². The third-order valence-corrected chi connectivity index (χ3v) is 2.47. The van der Waals surface area contributed by atoms with Crippen molar-refractivity contribution in [1.82, 2.24) is 10.2 Å². The van der Waals surface area contributed by atoms with Crippen molar-refractivity contribution in [1.29, 1.82) is 0 Å². The molecule has 1 fully saturated rings. The molecule has 1 aliphatic heterocycles. The highest BCUT2D eigenvalue weighted by Gasteiger charge is 2.20. The van der Waals surface area contributed by atoms with Gasteiger partial charge in [-0.25, -0.2) is 0 Å². The van der Waals surface area contributed by atoms with E-state index in [0.717, 1.165) is 26.2 Å². The molecule has 1 aliphatic rings. The van der Waals surface area contributed by atoms with Crippen LogP contribution < -0.4 is 11.1 Å². The summed E-state index contributed by atoms with van der Waals surface area (Å²) in [6, 6.07) is 1.00. The van der Waals surface area contributed by atoms with Crippen LogP contribution in [0.2, 0.25) is 0 Å². The highest BCUT2D eigenvalue weighted by Crippen LogP contribution is 2.06. The first kappa shape index (κ1) is 9.96. The van der Waals surface area contributed by atoms with E-state index in [9.17, 15) is 0 Å². The molecule has 3 nitrogen and oxygen atoms in total. The van der Waals surface area contributed by atoms with Crippen LogP contribution in [-0.4, -0.2) is 43.2 Å². The molecule has 2 unspecified atom stereocenters. The zero-order valence-corrected chi connectivity index (χ0v) is 8.21. The van der Waals surface area contributed by atoms with Crippen molar-refractivity contribution in [3.05, 3.63) is 0 Å². The second kappa shape index (κ2) is 4.80. The summed E-state index contributed by atoms with van der Waals surface area (Å²) in [6.45, 7) is 8.76. The van der Waals surface area contributed by atoms with Crippen LogP contribution in [0, 0.1) is 0 Å². The van der Waals surface area contributed by atoms with Crippen molar-refractivity contribution in [3.8, 4) is 0 Å². The standard InChI is InChI=1S/C9H21N3/c1-3-9-6-11-4-5-12(9)7-8(2)10/h8-9,11H,3-7,10H2,1-2H3. The van der Waals surface area contributed by atoms with Gasteiger partial charge < -0.3 is 11.1 Å². The maximum atomic E-state index is 5.78. The lowest BCUT2D eigenvalue weighted by Crippen LogP contribution is -2.53. The summed E-state index contributed by atoms with van der Waals surface area (Å²) in [4.78, 5) is 2.50. The predicted octanol–water partition coefficient (Wildman–Crippen LogP) is 0.0174. The van der Waals surface area contributed by atoms with E-state index in [1.54, 1.807) is 0 Å². The van der Waals surface area contributed by atoms with Gasteiger partial charge in [-0.2, -0.15) is 0 Å². The van der Waals surface area contributed by atoms with Gasteiger partial charge in [-0.1, -0.05) is 6.92 Å². The number of nitrogens with two attached hydrogens (primary N) is 1. The summed E-state index contributed by atoms with van der Waals surface area (Å²) in [5.74, 6) is 0. The molecule has 3 heteroatoms. The van der Waals surface area contributed by atoms with Gasteiger partial charge in [-0.05, 0) is 13.3 Å². The molecule has 1 heterocycles. The molecule has 0 saturated carbocycles. The van der Waals surface area contributed by atoms with E-state index in [1.807, 2.05) is 0 Å². The van der Waals surface area contributed by atoms with Gasteiger partial charge >= 0.3 is 0 Å². The maximum absolute atomic E-state index is 5.78. The molecule has 0 aromatic rings. The van der Waals surface area contributed by atoms with Crippen molar-refractivity contribution in [2.45, 2.75) is 32.4 Å². The van der Waals surface area contributed by atoms with Crippen LogP contribution in [0.3, 0.4) is 0 Å². The molecule has 0 bridgehead atoms. The molecular formula is C9H21N3. The van der Waals surface area contributed by atoms with Crippen LogP contribution in [0.5, 0.6) is 0 Å². The molecule has 0 aliphatic carbocycles. The van der Waals surface area contributed by atoms with E-state index in [0.29, 0.717) is 12.1 Å². The number of rotatable bonds is 3. The summed E-state index contributed by atoms with van der Waals surface area (Å²) in [5, 5.41) is 3.41. The van der Waals surface area contributed by atoms with E-state index < -0.39 is 0 Å². The van der Waals surface area contributed by atoms with E-state index in [2.05, 4.69) is 24.1 Å². The van der Waals surface area contributed by atoms with Crippen LogP contribution in [0.15, 0.2) is 0 Å². The average molecular weight is 171 g/mol. The van der Waals surface area contributed by atoms with Gasteiger partial charge in [0, 0.05) is 38.3 Å². The van der Waals surface area contributed by atoms with Gasteiger partial charge in [0.2, 0.25) is 0 Å². The third kappa shape index (κ3) is 2.73. The Labute approximate surface area is 75.3 Å². The minimum Gasteiger partial charge on any atom is -0.327 e. The molecular weight excluding hydrogens is 150 g/mol. The molecule has 1 saturated heterocycles. The van der Waals surface area contributed by atoms with Gasteiger partial charge in [0.15, 0.2) is 0 Å². The Morgan fingerprint density at radius 1 is 1.67 bits per heavy atom. The first-order valence-corrected chi connectivity index (χ1v) is 4.94. The number of nitrogens with zero attached hydrogens (tertiary/aromatic N) is 1. The summed E-state index contributed by atoms with van der Waals surface area (Å²) in [5.41, 5.74) is 5.78. The maximum Gasteiger partial charge on any atom is 0.0219 e. The van der Waals surface area contributed by atoms with Gasteiger partial charge in [0.1, 0.15) is 0 Å². The van der Waals surface area contributed by atoms with Crippen LogP contribution in [0.1, 0.15) is 20.3 Å². The van der Waals surface area contributed by atoms with Crippen molar-refractivity contribution in [2.75, 3.05) is 26.2 Å². The summed E-state index contributed by atoms with van der Waals surface area (Å²) in [7, 11) is 0. The van der Waals surface area contributed by atoms with Crippen molar-refractivity contribution < 1.29 is 0 Å². The molecule has 0 radical (unpaired) electrons. The number of nitrogens with one attached hydrogen (secondary N) is 1. The predicted molar refractivity (Wildman–Crippen MR) is 52.2 cm³/mol. The Bertz CT molecular complexity index is 125. The zero-order valence-electron chi connectivity index (χ0n) is 8.21. The van der Waals surface area contributed by atoms with Crippen molar-refractivity contribution in [3.63, 3.8) is 0 Å². The van der Waals surface area contributed by atoms with Crippen molar-refractivity contribution in [2.24, 2.45) is 5.73 Å². The highest BCUT2D eigenvalue weighted by atomic mass is 15.2. The van der Waals surface area contributed by atoms with Gasteiger partial charge in [-0.15, -0.1) is 0 Å². The average Bonchev–Trinajstić information content (AvgIpc) is 2.04. The summed E-state index contributed by atoms with van der Waals surface area (Å²) >= 11 is 0. The Balaban J connectivity index is 2.36. The topological polar surface area (TPSA) is 41.3 Å². The number of hydrogen-bond acceptors (Lipinski definition) is 3. The molecule has 0 aromatic carbocycles. The number of piperazine rings is 1. The lowest BCUT2D eigenvalue weighted by Gasteiger charge is -2.36. The lowest BCUT2D eigenvalue weighted by atomic mass is 10.1. The monoisotopic (exact) mass is 171 g/mol. The fraction of sp³-hybridized carbons (Fsp3) is 1.00. The zero-order chi connectivity index (χ0) is 8.97. The summed E-state index contributed by atoms with van der Waals surface area (Å²) in [6.07, 6.45) is 1.22. The van der Waals surface area contributed by atoms with E-state index >= 15 is 0 Å². The molecule has 0 spiro atoms. The Kier molecular flexibility index (Phi) is 3.98. The first-order chi connectivity index (χ1) is 5.74. The van der Waals surface area contributed by atoms with Crippen LogP contribution in [-0.2, 0) is 0 Å². The molecule has 1 rings (SSSR count). The van der Waals surface area contributed by atoms with Gasteiger partial charge in [0.05, 0.1) is 0 Å². The molecule has 12 heavy (non-hydrogen) atoms. The van der Waals surface area contributed by atoms with Crippen molar-refractivity contribution >= 4 is 0 Å². The SMILES string of the molecule is CCC1CNCCN1CC(C)N.